The van der Waals surface area contributed by atoms with Crippen molar-refractivity contribution >= 4 is 15.9 Å². The monoisotopic (exact) mass is 361 g/mol. The fourth-order valence-corrected chi connectivity index (χ4v) is 2.96. The highest BCUT2D eigenvalue weighted by Crippen LogP contribution is 2.09. The molecule has 0 saturated carbocycles. The molecule has 2 rings (SSSR count). The largest absolute Gasteiger partial charge is 0.355 e. The van der Waals surface area contributed by atoms with Crippen molar-refractivity contribution in [1.82, 2.24) is 10.2 Å². The lowest BCUT2D eigenvalue weighted by Gasteiger charge is -2.16. The number of carbonyl (C=O) groups excluding carboxylic acids is 1. The number of carbonyl (C=O) groups is 1. The Balaban J connectivity index is 1.73. The van der Waals surface area contributed by atoms with Crippen LogP contribution in [0, 0.1) is 0 Å². The second-order valence-corrected chi connectivity index (χ2v) is 7.51. The predicted octanol–water partition coefficient (Wildman–Crippen LogP) is 1.12. The molecule has 0 spiro atoms. The highest BCUT2D eigenvalue weighted by atomic mass is 32.2. The number of sulfonamides is 1. The van der Waals surface area contributed by atoms with Crippen LogP contribution in [0.4, 0.5) is 0 Å². The molecule has 3 N–H and O–H groups in total. The van der Waals surface area contributed by atoms with E-state index in [-0.39, 0.29) is 10.8 Å². The van der Waals surface area contributed by atoms with E-state index in [9.17, 15) is 13.2 Å². The molecule has 0 aliphatic rings. The quantitative estimate of drug-likeness (QED) is 0.737. The van der Waals surface area contributed by atoms with Gasteiger partial charge in [-0.05, 0) is 36.7 Å². The number of likely N-dealkylation sites (N-methyl/N-ethyl adjacent to an activating group) is 1. The number of rotatable bonds is 8. The van der Waals surface area contributed by atoms with Gasteiger partial charge in [-0.15, -0.1) is 0 Å². The zero-order valence-corrected chi connectivity index (χ0v) is 15.0. The maximum atomic E-state index is 12.0. The fourth-order valence-electron chi connectivity index (χ4n) is 2.44. The van der Waals surface area contributed by atoms with E-state index in [4.69, 9.17) is 5.14 Å². The molecule has 1 amide bonds. The Hall–Kier alpha value is -2.22. The first-order valence-corrected chi connectivity index (χ1v) is 9.50. The number of nitrogens with zero attached hydrogens (tertiary/aromatic N) is 1. The average molecular weight is 361 g/mol. The van der Waals surface area contributed by atoms with Crippen LogP contribution in [0.5, 0.6) is 0 Å². The van der Waals surface area contributed by atoms with Crippen molar-refractivity contribution < 1.29 is 13.2 Å². The lowest BCUT2D eigenvalue weighted by Crippen LogP contribution is -2.35. The molecule has 0 aromatic heterocycles. The number of amides is 1. The zero-order chi connectivity index (χ0) is 18.3. The van der Waals surface area contributed by atoms with Crippen LogP contribution in [0.25, 0.3) is 0 Å². The molecule has 0 bridgehead atoms. The van der Waals surface area contributed by atoms with Crippen molar-refractivity contribution in [1.29, 1.82) is 0 Å². The van der Waals surface area contributed by atoms with Gasteiger partial charge in [0.2, 0.25) is 15.9 Å². The summed E-state index contributed by atoms with van der Waals surface area (Å²) in [5, 5.41) is 7.93. The maximum absolute atomic E-state index is 12.0. The number of hydrogen-bond acceptors (Lipinski definition) is 4. The molecule has 2 aromatic rings. The summed E-state index contributed by atoms with van der Waals surface area (Å²) < 4.78 is 22.4. The van der Waals surface area contributed by atoms with Gasteiger partial charge < -0.3 is 5.32 Å². The number of nitrogens with two attached hydrogens (primary N) is 1. The number of primary sulfonamides is 1. The number of benzene rings is 2. The molecule has 25 heavy (non-hydrogen) atoms. The van der Waals surface area contributed by atoms with Crippen LogP contribution in [0.3, 0.4) is 0 Å². The van der Waals surface area contributed by atoms with Crippen molar-refractivity contribution in [2.24, 2.45) is 5.14 Å². The van der Waals surface area contributed by atoms with Gasteiger partial charge in [0, 0.05) is 13.1 Å². The van der Waals surface area contributed by atoms with Crippen molar-refractivity contribution in [2.75, 3.05) is 20.1 Å². The van der Waals surface area contributed by atoms with Crippen LogP contribution in [-0.2, 0) is 27.8 Å². The molecule has 0 saturated heterocycles. The Bertz CT molecular complexity index is 790. The van der Waals surface area contributed by atoms with Gasteiger partial charge in [0.15, 0.2) is 0 Å². The molecule has 0 atom stereocenters. The second kappa shape index (κ2) is 8.75. The van der Waals surface area contributed by atoms with Gasteiger partial charge in [-0.3, -0.25) is 9.69 Å². The van der Waals surface area contributed by atoms with Crippen molar-refractivity contribution in [3.63, 3.8) is 0 Å². The van der Waals surface area contributed by atoms with Crippen LogP contribution in [0.15, 0.2) is 59.5 Å². The van der Waals surface area contributed by atoms with E-state index < -0.39 is 10.0 Å². The lowest BCUT2D eigenvalue weighted by atomic mass is 10.1. The van der Waals surface area contributed by atoms with Gasteiger partial charge in [0.05, 0.1) is 11.4 Å². The van der Waals surface area contributed by atoms with E-state index in [2.05, 4.69) is 5.32 Å². The summed E-state index contributed by atoms with van der Waals surface area (Å²) in [6.07, 6.45) is 0.624. The van der Waals surface area contributed by atoms with Crippen molar-refractivity contribution in [3.8, 4) is 0 Å². The van der Waals surface area contributed by atoms with Gasteiger partial charge in [-0.2, -0.15) is 0 Å². The first-order valence-electron chi connectivity index (χ1n) is 7.95. The molecule has 6 nitrogen and oxygen atoms in total. The van der Waals surface area contributed by atoms with Crippen LogP contribution in [-0.4, -0.2) is 39.4 Å². The average Bonchev–Trinajstić information content (AvgIpc) is 2.55. The van der Waals surface area contributed by atoms with Crippen molar-refractivity contribution in [2.45, 2.75) is 17.9 Å². The molecule has 0 unspecified atom stereocenters. The molecule has 0 radical (unpaired) electrons. The minimum absolute atomic E-state index is 0.0420. The smallest absolute Gasteiger partial charge is 0.238 e. The normalized spacial score (nSPS) is 11.5. The summed E-state index contributed by atoms with van der Waals surface area (Å²) in [7, 11) is -1.77. The molecule has 0 aliphatic heterocycles. The Labute approximate surface area is 148 Å². The van der Waals surface area contributed by atoms with Gasteiger partial charge in [0.25, 0.3) is 0 Å². The number of hydrogen-bond donors (Lipinski definition) is 2. The predicted molar refractivity (Wildman–Crippen MR) is 97.3 cm³/mol. The molecule has 0 fully saturated rings. The lowest BCUT2D eigenvalue weighted by molar-refractivity contribution is -0.122. The van der Waals surface area contributed by atoms with E-state index in [1.807, 2.05) is 42.3 Å². The summed E-state index contributed by atoms with van der Waals surface area (Å²) in [5.74, 6) is -0.0420. The summed E-state index contributed by atoms with van der Waals surface area (Å²) in [5.41, 5.74) is 2.10. The Morgan fingerprint density at radius 1 is 1.04 bits per heavy atom. The highest BCUT2D eigenvalue weighted by Gasteiger charge is 2.08. The standard InChI is InChI=1S/C18H23N3O3S/c1-21(13-16-5-3-2-4-6-16)14-18(22)20-12-11-15-7-9-17(10-8-15)25(19,23)24/h2-10H,11-14H2,1H3,(H,20,22)(H2,19,23,24). The summed E-state index contributed by atoms with van der Waals surface area (Å²) >= 11 is 0. The SMILES string of the molecule is CN(CC(=O)NCCc1ccc(S(N)(=O)=O)cc1)Cc1ccccc1. The van der Waals surface area contributed by atoms with E-state index in [1.54, 1.807) is 12.1 Å². The zero-order valence-electron chi connectivity index (χ0n) is 14.2. The maximum Gasteiger partial charge on any atom is 0.238 e. The van der Waals surface area contributed by atoms with Crippen LogP contribution < -0.4 is 10.5 Å². The van der Waals surface area contributed by atoms with E-state index in [0.717, 1.165) is 11.1 Å². The molecule has 134 valence electrons. The third-order valence-corrected chi connectivity index (χ3v) is 4.63. The first-order chi connectivity index (χ1) is 11.8. The molecule has 7 heteroatoms. The highest BCUT2D eigenvalue weighted by molar-refractivity contribution is 7.89. The Morgan fingerprint density at radius 3 is 2.28 bits per heavy atom. The van der Waals surface area contributed by atoms with Crippen LogP contribution in [0.2, 0.25) is 0 Å². The molecular formula is C18H23N3O3S. The summed E-state index contributed by atoms with van der Waals surface area (Å²) in [4.78, 5) is 14.0. The van der Waals surface area contributed by atoms with E-state index >= 15 is 0 Å². The Morgan fingerprint density at radius 2 is 1.68 bits per heavy atom. The van der Waals surface area contributed by atoms with E-state index in [1.165, 1.54) is 12.1 Å². The van der Waals surface area contributed by atoms with Crippen molar-refractivity contribution in [3.05, 3.63) is 65.7 Å². The van der Waals surface area contributed by atoms with Crippen LogP contribution in [0.1, 0.15) is 11.1 Å². The molecular weight excluding hydrogens is 338 g/mol. The fraction of sp³-hybridized carbons (Fsp3) is 0.278. The molecule has 0 aliphatic carbocycles. The van der Waals surface area contributed by atoms with Gasteiger partial charge in [0.1, 0.15) is 0 Å². The van der Waals surface area contributed by atoms with Gasteiger partial charge >= 0.3 is 0 Å². The minimum Gasteiger partial charge on any atom is -0.355 e. The summed E-state index contributed by atoms with van der Waals surface area (Å²) in [6, 6.07) is 16.3. The topological polar surface area (TPSA) is 92.5 Å². The Kier molecular flexibility index (Phi) is 6.69. The van der Waals surface area contributed by atoms with E-state index in [0.29, 0.717) is 26.1 Å². The van der Waals surface area contributed by atoms with Gasteiger partial charge in [-0.25, -0.2) is 13.6 Å². The van der Waals surface area contributed by atoms with Gasteiger partial charge in [-0.1, -0.05) is 42.5 Å². The first kappa shape index (κ1) is 19.1. The molecule has 2 aromatic carbocycles. The second-order valence-electron chi connectivity index (χ2n) is 5.95. The number of nitrogens with one attached hydrogen (secondary N) is 1. The third kappa shape index (κ3) is 6.66. The molecule has 0 heterocycles. The summed E-state index contributed by atoms with van der Waals surface area (Å²) in [6.45, 7) is 1.52. The van der Waals surface area contributed by atoms with Crippen LogP contribution >= 0.6 is 0 Å². The minimum atomic E-state index is -3.67. The third-order valence-electron chi connectivity index (χ3n) is 3.70.